The standard InChI is InChI=1S/C12H13BrF3NO3/c13-8-4-5-9(10(7-8)20-12(14,15)16)17-6-2-1-3-11(18)19/h4-5,7,17H,1-3,6H2,(H,18,19). The van der Waals surface area contributed by atoms with Crippen LogP contribution >= 0.6 is 15.9 Å². The van der Waals surface area contributed by atoms with E-state index in [1.54, 1.807) is 6.07 Å². The van der Waals surface area contributed by atoms with Gasteiger partial charge in [0.2, 0.25) is 0 Å². The number of nitrogens with one attached hydrogen (secondary N) is 1. The Kier molecular flexibility index (Phi) is 6.12. The second-order valence-electron chi connectivity index (χ2n) is 3.97. The number of unbranched alkanes of at least 4 members (excludes halogenated alkanes) is 1. The first-order valence-electron chi connectivity index (χ1n) is 5.79. The van der Waals surface area contributed by atoms with Gasteiger partial charge < -0.3 is 15.2 Å². The first-order valence-corrected chi connectivity index (χ1v) is 6.58. The van der Waals surface area contributed by atoms with E-state index in [1.165, 1.54) is 12.1 Å². The number of alkyl halides is 3. The Hall–Kier alpha value is -1.44. The number of carboxylic acid groups (broad SMARTS) is 1. The third-order valence-corrected chi connectivity index (χ3v) is 2.80. The van der Waals surface area contributed by atoms with Crippen molar-refractivity contribution in [3.8, 4) is 5.75 Å². The quantitative estimate of drug-likeness (QED) is 0.725. The molecule has 0 fully saturated rings. The van der Waals surface area contributed by atoms with Crippen LogP contribution in [-0.2, 0) is 4.79 Å². The second kappa shape index (κ2) is 7.37. The number of carboxylic acids is 1. The summed E-state index contributed by atoms with van der Waals surface area (Å²) in [7, 11) is 0. The summed E-state index contributed by atoms with van der Waals surface area (Å²) in [5.74, 6) is -1.22. The summed E-state index contributed by atoms with van der Waals surface area (Å²) in [5.41, 5.74) is 0.209. The molecule has 0 aliphatic rings. The molecule has 1 aromatic rings. The highest BCUT2D eigenvalue weighted by atomic mass is 79.9. The van der Waals surface area contributed by atoms with Crippen LogP contribution in [0.5, 0.6) is 5.75 Å². The van der Waals surface area contributed by atoms with Gasteiger partial charge in [-0.05, 0) is 31.0 Å². The SMILES string of the molecule is O=C(O)CCCCNc1ccc(Br)cc1OC(F)(F)F. The molecule has 112 valence electrons. The fourth-order valence-corrected chi connectivity index (χ4v) is 1.82. The van der Waals surface area contributed by atoms with Crippen molar-refractivity contribution in [2.24, 2.45) is 0 Å². The molecule has 0 bridgehead atoms. The summed E-state index contributed by atoms with van der Waals surface area (Å²) in [6.45, 7) is 0.364. The van der Waals surface area contributed by atoms with Crippen molar-refractivity contribution in [2.75, 3.05) is 11.9 Å². The third kappa shape index (κ3) is 6.65. The maximum absolute atomic E-state index is 12.3. The Balaban J connectivity index is 2.58. The van der Waals surface area contributed by atoms with Gasteiger partial charge in [0.25, 0.3) is 0 Å². The highest BCUT2D eigenvalue weighted by Gasteiger charge is 2.32. The minimum Gasteiger partial charge on any atom is -0.481 e. The molecule has 0 aliphatic carbocycles. The molecule has 2 N–H and O–H groups in total. The lowest BCUT2D eigenvalue weighted by Crippen LogP contribution is -2.18. The average Bonchev–Trinajstić information content (AvgIpc) is 2.28. The maximum Gasteiger partial charge on any atom is 0.573 e. The molecule has 1 aromatic carbocycles. The number of halogens is 4. The Morgan fingerprint density at radius 3 is 2.65 bits per heavy atom. The largest absolute Gasteiger partial charge is 0.573 e. The zero-order valence-electron chi connectivity index (χ0n) is 10.3. The fourth-order valence-electron chi connectivity index (χ4n) is 1.48. The van der Waals surface area contributed by atoms with E-state index in [-0.39, 0.29) is 17.9 Å². The van der Waals surface area contributed by atoms with Crippen LogP contribution in [0.2, 0.25) is 0 Å². The van der Waals surface area contributed by atoms with Crippen LogP contribution in [-0.4, -0.2) is 24.0 Å². The molecule has 8 heteroatoms. The van der Waals surface area contributed by atoms with Gasteiger partial charge in [0.15, 0.2) is 5.75 Å². The number of anilines is 1. The summed E-state index contributed by atoms with van der Waals surface area (Å²) in [4.78, 5) is 10.3. The molecule has 0 amide bonds. The molecule has 4 nitrogen and oxygen atoms in total. The van der Waals surface area contributed by atoms with E-state index in [2.05, 4.69) is 26.0 Å². The summed E-state index contributed by atoms with van der Waals surface area (Å²) in [6.07, 6.45) is -3.74. The number of ether oxygens (including phenoxy) is 1. The Labute approximate surface area is 122 Å². The van der Waals surface area contributed by atoms with Crippen molar-refractivity contribution < 1.29 is 27.8 Å². The van der Waals surface area contributed by atoms with Crippen LogP contribution in [0.4, 0.5) is 18.9 Å². The first-order chi connectivity index (χ1) is 9.28. The molecule has 0 unspecified atom stereocenters. The van der Waals surface area contributed by atoms with Crippen LogP contribution in [0.25, 0.3) is 0 Å². The number of hydrogen-bond acceptors (Lipinski definition) is 3. The molecule has 0 spiro atoms. The van der Waals surface area contributed by atoms with Crippen LogP contribution in [0.3, 0.4) is 0 Å². The van der Waals surface area contributed by atoms with Crippen LogP contribution in [0.1, 0.15) is 19.3 Å². The Morgan fingerprint density at radius 1 is 1.35 bits per heavy atom. The fraction of sp³-hybridized carbons (Fsp3) is 0.417. The van der Waals surface area contributed by atoms with Gasteiger partial charge in [-0.25, -0.2) is 0 Å². The van der Waals surface area contributed by atoms with Gasteiger partial charge >= 0.3 is 12.3 Å². The molecular weight excluding hydrogens is 343 g/mol. The first kappa shape index (κ1) is 16.6. The topological polar surface area (TPSA) is 58.6 Å². The average molecular weight is 356 g/mol. The second-order valence-corrected chi connectivity index (χ2v) is 4.88. The molecule has 0 heterocycles. The smallest absolute Gasteiger partial charge is 0.481 e. The number of carbonyl (C=O) groups is 1. The van der Waals surface area contributed by atoms with E-state index in [1.807, 2.05) is 0 Å². The van der Waals surface area contributed by atoms with E-state index in [0.717, 1.165) is 0 Å². The van der Waals surface area contributed by atoms with E-state index in [0.29, 0.717) is 23.9 Å². The van der Waals surface area contributed by atoms with Crippen LogP contribution in [0, 0.1) is 0 Å². The number of aliphatic carboxylic acids is 1. The van der Waals surface area contributed by atoms with Gasteiger partial charge in [-0.3, -0.25) is 4.79 Å². The Morgan fingerprint density at radius 2 is 2.05 bits per heavy atom. The zero-order valence-corrected chi connectivity index (χ0v) is 11.9. The van der Waals surface area contributed by atoms with Gasteiger partial charge in [-0.1, -0.05) is 15.9 Å². The van der Waals surface area contributed by atoms with Crippen molar-refractivity contribution in [3.63, 3.8) is 0 Å². The van der Waals surface area contributed by atoms with Crippen molar-refractivity contribution in [2.45, 2.75) is 25.6 Å². The minimum absolute atomic E-state index is 0.0356. The van der Waals surface area contributed by atoms with Crippen molar-refractivity contribution >= 4 is 27.6 Å². The van der Waals surface area contributed by atoms with E-state index in [9.17, 15) is 18.0 Å². The molecule has 20 heavy (non-hydrogen) atoms. The predicted octanol–water partition coefficient (Wildman–Crippen LogP) is 4.01. The van der Waals surface area contributed by atoms with E-state index in [4.69, 9.17) is 5.11 Å². The van der Waals surface area contributed by atoms with E-state index < -0.39 is 12.3 Å². The van der Waals surface area contributed by atoms with Gasteiger partial charge in [0.1, 0.15) is 0 Å². The van der Waals surface area contributed by atoms with E-state index >= 15 is 0 Å². The predicted molar refractivity (Wildman–Crippen MR) is 70.8 cm³/mol. The molecule has 0 aromatic heterocycles. The normalized spacial score (nSPS) is 11.2. The molecular formula is C12H13BrF3NO3. The lowest BCUT2D eigenvalue weighted by Gasteiger charge is -2.15. The molecule has 0 saturated carbocycles. The number of benzene rings is 1. The monoisotopic (exact) mass is 355 g/mol. The van der Waals surface area contributed by atoms with Crippen molar-refractivity contribution in [1.82, 2.24) is 0 Å². The number of hydrogen-bond donors (Lipinski definition) is 2. The van der Waals surface area contributed by atoms with Gasteiger partial charge in [-0.15, -0.1) is 13.2 Å². The molecule has 0 saturated heterocycles. The molecule has 0 aliphatic heterocycles. The molecule has 0 atom stereocenters. The number of rotatable bonds is 7. The van der Waals surface area contributed by atoms with Gasteiger partial charge in [0, 0.05) is 17.4 Å². The highest BCUT2D eigenvalue weighted by molar-refractivity contribution is 9.10. The molecule has 0 radical (unpaired) electrons. The Bertz CT molecular complexity index is 466. The van der Waals surface area contributed by atoms with Gasteiger partial charge in [0.05, 0.1) is 5.69 Å². The van der Waals surface area contributed by atoms with Gasteiger partial charge in [-0.2, -0.15) is 0 Å². The highest BCUT2D eigenvalue weighted by Crippen LogP contribution is 2.32. The van der Waals surface area contributed by atoms with Crippen molar-refractivity contribution in [3.05, 3.63) is 22.7 Å². The maximum atomic E-state index is 12.3. The summed E-state index contributed by atoms with van der Waals surface area (Å²) in [5, 5.41) is 11.3. The van der Waals surface area contributed by atoms with Crippen LogP contribution in [0.15, 0.2) is 22.7 Å². The summed E-state index contributed by atoms with van der Waals surface area (Å²) < 4.78 is 41.2. The summed E-state index contributed by atoms with van der Waals surface area (Å²) >= 11 is 3.07. The third-order valence-electron chi connectivity index (χ3n) is 2.30. The lowest BCUT2D eigenvalue weighted by atomic mass is 10.2. The summed E-state index contributed by atoms with van der Waals surface area (Å²) in [6, 6.07) is 4.26. The minimum atomic E-state index is -4.76. The molecule has 1 rings (SSSR count). The van der Waals surface area contributed by atoms with Crippen LogP contribution < -0.4 is 10.1 Å². The van der Waals surface area contributed by atoms with Crippen molar-refractivity contribution in [1.29, 1.82) is 0 Å². The lowest BCUT2D eigenvalue weighted by molar-refractivity contribution is -0.274. The zero-order chi connectivity index (χ0) is 15.2.